The lowest BCUT2D eigenvalue weighted by atomic mass is 10.2. The first-order valence-electron chi connectivity index (χ1n) is 39.9. The molecule has 0 saturated carbocycles. The van der Waals surface area contributed by atoms with Gasteiger partial charge in [0.05, 0.1) is 54.9 Å². The van der Waals surface area contributed by atoms with Crippen molar-refractivity contribution in [2.75, 3.05) is 52.9 Å². The number of fused-ring (bicyclic) bond motifs is 3. The predicted octanol–water partition coefficient (Wildman–Crippen LogP) is 26.9. The summed E-state index contributed by atoms with van der Waals surface area (Å²) in [5, 5.41) is 2.54. The first kappa shape index (κ1) is 104. The van der Waals surface area contributed by atoms with Crippen molar-refractivity contribution in [2.45, 2.75) is 117 Å². The van der Waals surface area contributed by atoms with E-state index in [1.165, 1.54) is 60.3 Å². The summed E-state index contributed by atoms with van der Waals surface area (Å²) in [6.07, 6.45) is 0. The van der Waals surface area contributed by atoms with Gasteiger partial charge in [-0.05, 0) is 378 Å². The summed E-state index contributed by atoms with van der Waals surface area (Å²) in [6, 6.07) is 99.4. The standard InChI is InChI=1S/C25H22Br3O4S.C25H22BrI2O4S.C25H23BrIO4S.C25H22BrO4S/c1-25(2,28)24(30)32-16-15-31-23(29)17-3-9-20(10-4-17)33(21-11-5-18(26)6-12-21)22-13-7-19(27)8-14-22;1-25(2,26)24(30)32-16-15-31-23(29)17-3-9-20(10-4-17)33(21-11-5-18(27)6-12-21)22-13-7-19(28)8-14-22;1-25(2,26)24(29)31-17-16-30-23(28)18-8-12-21(13-9-18)32(20-6-4-3-5-7-20)22-14-10-19(27)11-15-22;1-25(2,26)24(28)30-16-15-29-23(27)17-11-13-18(14-12-17)31-21-9-5-3-7-19(21)20-8-4-6-10-22(20)31/h2*3-14H,15-16H2,1-2H3;3-15H,16-17H2,1-2H3;3-14H,15-16H2,1-2H3/q4*+1. The zero-order valence-corrected chi connectivity index (χ0v) is 90.3. The van der Waals surface area contributed by atoms with Crippen molar-refractivity contribution in [3.05, 3.63) is 339 Å². The molecule has 1 heterocycles. The minimum Gasteiger partial charge on any atom is -0.461 e. The molecule has 29 heteroatoms. The smallest absolute Gasteiger partial charge is 0.338 e. The average Bonchev–Trinajstić information content (AvgIpc) is 1.60. The number of rotatable bonds is 30. The molecule has 1 aromatic heterocycles. The highest BCUT2D eigenvalue weighted by Crippen LogP contribution is 2.48. The van der Waals surface area contributed by atoms with Crippen LogP contribution in [0, 0.1) is 10.7 Å². The second-order valence-corrected chi connectivity index (χ2v) is 51.4. The van der Waals surface area contributed by atoms with Gasteiger partial charge in [0.1, 0.15) is 70.2 Å². The Kier molecular flexibility index (Phi) is 40.0. The molecule has 0 fully saturated rings. The third-order valence-electron chi connectivity index (χ3n) is 18.2. The van der Waals surface area contributed by atoms with E-state index in [9.17, 15) is 38.4 Å². The lowest BCUT2D eigenvalue weighted by Crippen LogP contribution is -2.28. The molecule has 0 amide bonds. The second kappa shape index (κ2) is 49.6. The van der Waals surface area contributed by atoms with Crippen LogP contribution in [0.1, 0.15) is 96.8 Å². The zero-order valence-electron chi connectivity index (χ0n) is 71.0. The minimum absolute atomic E-state index is 0.00241. The minimum atomic E-state index is -0.770. The molecule has 0 aliphatic carbocycles. The van der Waals surface area contributed by atoms with Crippen LogP contribution in [0.5, 0.6) is 0 Å². The van der Waals surface area contributed by atoms with Gasteiger partial charge in [0, 0.05) is 40.9 Å². The van der Waals surface area contributed by atoms with Gasteiger partial charge >= 0.3 is 47.8 Å². The van der Waals surface area contributed by atoms with Crippen LogP contribution < -0.4 is 0 Å². The summed E-state index contributed by atoms with van der Waals surface area (Å²) in [4.78, 5) is 108. The molecule has 0 aliphatic rings. The fourth-order valence-electron chi connectivity index (χ4n) is 11.7. The molecule has 12 aromatic carbocycles. The highest BCUT2D eigenvalue weighted by Gasteiger charge is 2.35. The summed E-state index contributed by atoms with van der Waals surface area (Å²) in [6.45, 7) is 13.7. The van der Waals surface area contributed by atoms with E-state index in [2.05, 4.69) is 321 Å². The fourth-order valence-corrected chi connectivity index (χ4v) is 22.3. The summed E-state index contributed by atoms with van der Waals surface area (Å²) in [5.41, 5.74) is 1.83. The third kappa shape index (κ3) is 31.4. The van der Waals surface area contributed by atoms with Crippen LogP contribution in [0.25, 0.3) is 25.1 Å². The van der Waals surface area contributed by atoms with Gasteiger partial charge in [-0.25, -0.2) is 19.2 Å². The van der Waals surface area contributed by atoms with Crippen molar-refractivity contribution in [3.63, 3.8) is 0 Å². The van der Waals surface area contributed by atoms with Gasteiger partial charge in [-0.2, -0.15) is 0 Å². The number of benzene rings is 12. The molecule has 1 atom stereocenters. The van der Waals surface area contributed by atoms with E-state index in [1.54, 1.807) is 104 Å². The van der Waals surface area contributed by atoms with E-state index < -0.39 is 65.1 Å². The third-order valence-corrected chi connectivity index (χ3v) is 31.7. The molecule has 1 unspecified atom stereocenters. The van der Waals surface area contributed by atoms with Gasteiger partial charge in [-0.3, -0.25) is 19.2 Å². The van der Waals surface area contributed by atoms with Gasteiger partial charge in [0.15, 0.2) is 58.4 Å². The van der Waals surface area contributed by atoms with E-state index in [0.29, 0.717) is 22.3 Å². The van der Waals surface area contributed by atoms with Crippen molar-refractivity contribution in [1.82, 2.24) is 0 Å². The first-order chi connectivity index (χ1) is 61.4. The SMILES string of the molecule is CC(C)(Br)C(=O)OCCOC(=O)c1ccc(-[s+]2c3ccccc3c3ccccc32)cc1.CC(C)(Br)C(=O)OCCOC(=O)c1ccc([S+](c2ccc(Br)cc2)c2ccc(Br)cc2)cc1.CC(C)(Br)C(=O)OCCOC(=O)c1ccc([S+](c2ccc(I)cc2)c2ccc(I)cc2)cc1.CC(C)(Br)C(=O)OCCOC(=O)c1ccc([S+](c2ccccc2)c2ccc(I)cc2)cc1. The summed E-state index contributed by atoms with van der Waals surface area (Å²) in [5.74, 6) is -3.39. The molecule has 0 spiro atoms. The van der Waals surface area contributed by atoms with Crippen LogP contribution in [0.2, 0.25) is 0 Å². The number of ether oxygens (including phenoxy) is 8. The molecule has 668 valence electrons. The number of hydrogen-bond donors (Lipinski definition) is 0. The van der Waals surface area contributed by atoms with Crippen LogP contribution in [0.3, 0.4) is 0 Å². The van der Waals surface area contributed by atoms with Gasteiger partial charge in [-0.15, -0.1) is 0 Å². The number of carbonyl (C=O) groups excluding carboxylic acids is 8. The Hall–Kier alpha value is -7.26. The van der Waals surface area contributed by atoms with E-state index in [1.807, 2.05) is 91.0 Å². The monoisotopic (exact) mass is 2530 g/mol. The number of hydrogen-bond acceptors (Lipinski definition) is 16. The normalized spacial score (nSPS) is 11.6. The molecule has 13 aromatic rings. The van der Waals surface area contributed by atoms with Crippen molar-refractivity contribution in [2.24, 2.45) is 0 Å². The van der Waals surface area contributed by atoms with Gasteiger partial charge < -0.3 is 37.9 Å². The van der Waals surface area contributed by atoms with Crippen molar-refractivity contribution in [3.8, 4) is 4.90 Å². The van der Waals surface area contributed by atoms with E-state index in [4.69, 9.17) is 37.9 Å². The first-order valence-corrected chi connectivity index (χ1v) is 52.8. The molecule has 13 rings (SSSR count). The summed E-state index contributed by atoms with van der Waals surface area (Å²) < 4.78 is 46.5. The number of alkyl halides is 4. The highest BCUT2D eigenvalue weighted by molar-refractivity contribution is 14.1. The Morgan fingerprint density at radius 1 is 0.256 bits per heavy atom. The van der Waals surface area contributed by atoms with Crippen molar-refractivity contribution >= 4 is 274 Å². The maximum Gasteiger partial charge on any atom is 0.338 e. The number of thiophene rings is 1. The molecule has 0 saturated heterocycles. The maximum atomic E-state index is 12.4. The Morgan fingerprint density at radius 3 is 0.690 bits per heavy atom. The predicted molar refractivity (Wildman–Crippen MR) is 560 cm³/mol. The van der Waals surface area contributed by atoms with Crippen molar-refractivity contribution in [1.29, 1.82) is 0 Å². The van der Waals surface area contributed by atoms with E-state index in [0.717, 1.165) is 28.5 Å². The van der Waals surface area contributed by atoms with Crippen LogP contribution in [0.4, 0.5) is 0 Å². The van der Waals surface area contributed by atoms with Crippen LogP contribution >= 0.6 is 174 Å². The van der Waals surface area contributed by atoms with E-state index in [-0.39, 0.29) is 96.0 Å². The largest absolute Gasteiger partial charge is 0.461 e. The highest BCUT2D eigenvalue weighted by atomic mass is 127. The molecular weight excluding hydrogens is 2450 g/mol. The number of halogens is 9. The van der Waals surface area contributed by atoms with Crippen molar-refractivity contribution < 1.29 is 76.3 Å². The van der Waals surface area contributed by atoms with Crippen LogP contribution in [-0.2, 0) is 89.8 Å². The Balaban J connectivity index is 0.000000179. The second-order valence-electron chi connectivity index (χ2n) is 29.9. The molecule has 0 aliphatic heterocycles. The van der Waals surface area contributed by atoms with Crippen LogP contribution in [0.15, 0.2) is 350 Å². The van der Waals surface area contributed by atoms with E-state index >= 15 is 0 Å². The average molecular weight is 2540 g/mol. The van der Waals surface area contributed by atoms with Crippen LogP contribution in [-0.4, -0.2) is 118 Å². The molecule has 16 nitrogen and oxygen atoms in total. The molecule has 0 radical (unpaired) electrons. The molecular formula is C100H89Br6I3O16S4+4. The Bertz CT molecular complexity index is 5640. The molecule has 0 N–H and O–H groups in total. The zero-order chi connectivity index (χ0) is 93.2. The van der Waals surface area contributed by atoms with Gasteiger partial charge in [0.25, 0.3) is 0 Å². The quantitative estimate of drug-likeness (QED) is 0.0102. The van der Waals surface area contributed by atoms with Gasteiger partial charge in [0.2, 0.25) is 0 Å². The number of esters is 8. The lowest BCUT2D eigenvalue weighted by Gasteiger charge is -2.14. The van der Waals surface area contributed by atoms with Gasteiger partial charge in [-0.1, -0.05) is 138 Å². The molecule has 0 bridgehead atoms. The summed E-state index contributed by atoms with van der Waals surface area (Å²) >= 11 is 26.9. The lowest BCUT2D eigenvalue weighted by molar-refractivity contribution is -0.147. The number of carbonyl (C=O) groups is 8. The molecule has 129 heavy (non-hydrogen) atoms. The fraction of sp³-hybridized carbons (Fsp3) is 0.200. The summed E-state index contributed by atoms with van der Waals surface area (Å²) in [7, 11) is -1.10. The Labute approximate surface area is 854 Å². The Morgan fingerprint density at radius 2 is 0.450 bits per heavy atom. The topological polar surface area (TPSA) is 210 Å². The maximum absolute atomic E-state index is 12.4.